The van der Waals surface area contributed by atoms with Crippen molar-refractivity contribution in [3.63, 3.8) is 0 Å². The number of ether oxygens (including phenoxy) is 1. The molecule has 0 atom stereocenters. The second-order valence-electron chi connectivity index (χ2n) is 2.95. The van der Waals surface area contributed by atoms with Gasteiger partial charge in [0, 0.05) is 0 Å². The van der Waals surface area contributed by atoms with Gasteiger partial charge in [0.1, 0.15) is 0 Å². The summed E-state index contributed by atoms with van der Waals surface area (Å²) in [6.45, 7) is 26.4. The number of phenols is 1. The molecule has 0 saturated heterocycles. The molecule has 7 nitrogen and oxygen atoms in total. The number of phenolic OH excluding ortho intramolecular Hbond substituents is 1. The fourth-order valence-electron chi connectivity index (χ4n) is 1.36. The first-order valence-corrected chi connectivity index (χ1v) is 5.60. The molecule has 0 aliphatic heterocycles. The molecule has 0 amide bonds. The van der Waals surface area contributed by atoms with E-state index in [4.69, 9.17) is 28.0 Å². The molecule has 0 fully saturated rings. The molecule has 120 valence electrons. The Hall–Kier alpha value is -1.92. The molecule has 0 spiro atoms. The Morgan fingerprint density at radius 3 is 1.35 bits per heavy atom. The predicted molar refractivity (Wildman–Crippen MR) is 68.3 cm³/mol. The number of aromatic hydroxyl groups is 1. The van der Waals surface area contributed by atoms with E-state index >= 15 is 0 Å². The van der Waals surface area contributed by atoms with Crippen LogP contribution in [0.5, 0.6) is 5.75 Å². The SMILES string of the molecule is CO[C](=[Cr])c1c(C)cc(O)cc1C.[C-]#[O+].[C-]#[O+].[C-]#[O+].[C-]#[O+].[C-]#[O+]. The Morgan fingerprint density at radius 1 is 0.870 bits per heavy atom. The molecular formula is C15H12CrO7. The van der Waals surface area contributed by atoms with Gasteiger partial charge in [0.15, 0.2) is 0 Å². The molecule has 1 aromatic rings. The molecule has 1 aromatic carbocycles. The molecule has 0 radical (unpaired) electrons. The van der Waals surface area contributed by atoms with E-state index in [1.807, 2.05) is 13.8 Å². The van der Waals surface area contributed by atoms with Crippen LogP contribution in [0.3, 0.4) is 0 Å². The standard InChI is InChI=1S/C10H12O2.5CO.Cr/c1-7-4-9(11)5-8(2)10(7)6-12-3;5*1-2;/h4-5,11H,1-3H3;;;;;;. The number of methoxy groups -OCH3 is 1. The second kappa shape index (κ2) is 28.3. The van der Waals surface area contributed by atoms with Crippen LogP contribution in [-0.4, -0.2) is 16.8 Å². The average molecular weight is 356 g/mol. The first-order chi connectivity index (χ1) is 11.1. The maximum atomic E-state index is 9.31. The van der Waals surface area contributed by atoms with Crippen molar-refractivity contribution in [2.45, 2.75) is 13.8 Å². The predicted octanol–water partition coefficient (Wildman–Crippen LogP) is 1.49. The molecular weight excluding hydrogens is 344 g/mol. The van der Waals surface area contributed by atoms with Crippen molar-refractivity contribution in [1.82, 2.24) is 0 Å². The zero-order valence-corrected chi connectivity index (χ0v) is 13.7. The van der Waals surface area contributed by atoms with Crippen LogP contribution < -0.4 is 0 Å². The summed E-state index contributed by atoms with van der Waals surface area (Å²) >= 11 is 2.86. The van der Waals surface area contributed by atoms with E-state index in [-0.39, 0.29) is 0 Å². The minimum absolute atomic E-state index is 0.294. The third kappa shape index (κ3) is 16.3. The summed E-state index contributed by atoms with van der Waals surface area (Å²) in [5.74, 6) is 0.294. The Morgan fingerprint density at radius 2 is 1.13 bits per heavy atom. The molecule has 0 aliphatic carbocycles. The summed E-state index contributed by atoms with van der Waals surface area (Å²) in [4.78, 5) is 0. The van der Waals surface area contributed by atoms with Crippen LogP contribution in [0.2, 0.25) is 0 Å². The maximum absolute atomic E-state index is 9.31. The van der Waals surface area contributed by atoms with Crippen molar-refractivity contribution < 1.29 is 49.0 Å². The van der Waals surface area contributed by atoms with Crippen molar-refractivity contribution in [1.29, 1.82) is 0 Å². The van der Waals surface area contributed by atoms with E-state index in [0.717, 1.165) is 21.3 Å². The number of benzene rings is 1. The van der Waals surface area contributed by atoms with Gasteiger partial charge in [-0.2, -0.15) is 0 Å². The molecule has 1 N–H and O–H groups in total. The van der Waals surface area contributed by atoms with Crippen LogP contribution in [0.25, 0.3) is 0 Å². The van der Waals surface area contributed by atoms with Crippen LogP contribution in [0.1, 0.15) is 16.7 Å². The number of hydrogen-bond acceptors (Lipinski definition) is 2. The molecule has 0 aliphatic rings. The summed E-state index contributed by atoms with van der Waals surface area (Å²) in [5, 5.41) is 9.31. The van der Waals surface area contributed by atoms with E-state index in [0.29, 0.717) is 5.75 Å². The van der Waals surface area contributed by atoms with E-state index in [9.17, 15) is 5.11 Å². The van der Waals surface area contributed by atoms with E-state index < -0.39 is 0 Å². The van der Waals surface area contributed by atoms with E-state index in [2.05, 4.69) is 49.1 Å². The normalized spacial score (nSPS) is 6.13. The van der Waals surface area contributed by atoms with Gasteiger partial charge in [0.25, 0.3) is 0 Å². The third-order valence-corrected chi connectivity index (χ3v) is 2.49. The van der Waals surface area contributed by atoms with Crippen molar-refractivity contribution in [2.75, 3.05) is 7.11 Å². The monoisotopic (exact) mass is 356 g/mol. The molecule has 8 heteroatoms. The summed E-state index contributed by atoms with van der Waals surface area (Å²) in [6, 6.07) is 3.44. The molecule has 23 heavy (non-hydrogen) atoms. The first kappa shape index (κ1) is 32.9. The van der Waals surface area contributed by atoms with Gasteiger partial charge in [-0.3, -0.25) is 0 Å². The minimum atomic E-state index is 0.294. The van der Waals surface area contributed by atoms with Crippen LogP contribution in [0.4, 0.5) is 0 Å². The fraction of sp³-hybridized carbons (Fsp3) is 0.200. The van der Waals surface area contributed by atoms with Crippen molar-refractivity contribution in [3.05, 3.63) is 62.1 Å². The molecule has 0 unspecified atom stereocenters. The second-order valence-corrected chi connectivity index (χ2v) is 3.53. The van der Waals surface area contributed by atoms with Gasteiger partial charge in [0.05, 0.1) is 0 Å². The van der Waals surface area contributed by atoms with E-state index in [1.165, 1.54) is 0 Å². The topological polar surface area (TPSA) is 129 Å². The Labute approximate surface area is 142 Å². The molecule has 0 aromatic heterocycles. The van der Waals surface area contributed by atoms with Crippen molar-refractivity contribution in [3.8, 4) is 5.75 Å². The Bertz CT molecular complexity index is 481. The van der Waals surface area contributed by atoms with Gasteiger partial charge in [-0.05, 0) is 0 Å². The van der Waals surface area contributed by atoms with Crippen LogP contribution in [0.15, 0.2) is 12.1 Å². The Balaban J connectivity index is -0.0000000923. The van der Waals surface area contributed by atoms with Gasteiger partial charge in [-0.25, -0.2) is 0 Å². The van der Waals surface area contributed by atoms with Gasteiger partial charge < -0.3 is 0 Å². The van der Waals surface area contributed by atoms with Gasteiger partial charge >= 0.3 is 142 Å². The summed E-state index contributed by atoms with van der Waals surface area (Å²) < 4.78 is 43.4. The van der Waals surface area contributed by atoms with Crippen molar-refractivity contribution >= 4 is 4.57 Å². The van der Waals surface area contributed by atoms with Crippen LogP contribution in [0, 0.1) is 47.1 Å². The quantitative estimate of drug-likeness (QED) is 0.636. The molecule has 0 bridgehead atoms. The summed E-state index contributed by atoms with van der Waals surface area (Å²) in [5.41, 5.74) is 3.04. The van der Waals surface area contributed by atoms with Crippen molar-refractivity contribution in [2.24, 2.45) is 0 Å². The molecule has 0 heterocycles. The summed E-state index contributed by atoms with van der Waals surface area (Å²) in [6.07, 6.45) is 0. The number of hydrogen-bond donors (Lipinski definition) is 1. The van der Waals surface area contributed by atoms with Gasteiger partial charge in [0.2, 0.25) is 0 Å². The zero-order chi connectivity index (χ0) is 20.0. The third-order valence-electron chi connectivity index (χ3n) is 1.91. The first-order valence-electron chi connectivity index (χ1n) is 4.97. The fourth-order valence-corrected chi connectivity index (χ4v) is 1.87. The van der Waals surface area contributed by atoms with Gasteiger partial charge in [-0.1, -0.05) is 0 Å². The van der Waals surface area contributed by atoms with Gasteiger partial charge in [-0.15, -0.1) is 0 Å². The summed E-state index contributed by atoms with van der Waals surface area (Å²) in [7, 11) is 1.62. The van der Waals surface area contributed by atoms with Crippen LogP contribution >= 0.6 is 0 Å². The Kier molecular flexibility index (Phi) is 40.4. The molecule has 0 saturated carbocycles. The number of aryl methyl sites for hydroxylation is 2. The zero-order valence-electron chi connectivity index (χ0n) is 12.5. The average Bonchev–Trinajstić information content (AvgIpc) is 2.62. The molecule has 1 rings (SSSR count). The van der Waals surface area contributed by atoms with E-state index in [1.54, 1.807) is 19.2 Å². The van der Waals surface area contributed by atoms with Crippen LogP contribution in [-0.2, 0) is 43.8 Å². The number of rotatable bonds is 2.